The summed E-state index contributed by atoms with van der Waals surface area (Å²) in [5.41, 5.74) is 1.56. The average molecular weight is 379 g/mol. The third kappa shape index (κ3) is 4.26. The van der Waals surface area contributed by atoms with Crippen LogP contribution < -0.4 is 10.1 Å². The Morgan fingerprint density at radius 1 is 1.12 bits per heavy atom. The first-order chi connectivity index (χ1) is 11.6. The van der Waals surface area contributed by atoms with Gasteiger partial charge in [-0.15, -0.1) is 11.3 Å². The number of carbonyl (C=O) groups is 1. The first-order valence-corrected chi connectivity index (χ1v) is 8.64. The molecule has 0 spiro atoms. The quantitative estimate of drug-likeness (QED) is 0.668. The number of aromatic nitrogens is 1. The van der Waals surface area contributed by atoms with Crippen LogP contribution in [0.4, 0.5) is 5.13 Å². The van der Waals surface area contributed by atoms with Crippen molar-refractivity contribution in [3.8, 4) is 17.0 Å². The van der Waals surface area contributed by atoms with E-state index < -0.39 is 0 Å². The second-order valence-electron chi connectivity index (χ2n) is 4.82. The lowest BCUT2D eigenvalue weighted by atomic mass is 10.2. The lowest BCUT2D eigenvalue weighted by Crippen LogP contribution is -2.19. The van der Waals surface area contributed by atoms with E-state index in [2.05, 4.69) is 10.3 Å². The molecule has 1 aromatic heterocycles. The van der Waals surface area contributed by atoms with Gasteiger partial charge in [-0.1, -0.05) is 47.5 Å². The van der Waals surface area contributed by atoms with Gasteiger partial charge in [-0.3, -0.25) is 10.1 Å². The molecule has 0 bridgehead atoms. The SMILES string of the molecule is O=C(COc1ccccc1)Nc1nc(-c2ccc(Cl)c(Cl)c2)cs1. The van der Waals surface area contributed by atoms with Crippen molar-refractivity contribution in [3.63, 3.8) is 0 Å². The number of halogens is 2. The summed E-state index contributed by atoms with van der Waals surface area (Å²) in [5.74, 6) is 0.372. The van der Waals surface area contributed by atoms with Gasteiger partial charge in [0, 0.05) is 10.9 Å². The molecule has 122 valence electrons. The predicted molar refractivity (Wildman–Crippen MR) is 98.1 cm³/mol. The zero-order chi connectivity index (χ0) is 16.9. The first-order valence-electron chi connectivity index (χ1n) is 7.00. The summed E-state index contributed by atoms with van der Waals surface area (Å²) in [6, 6.07) is 14.4. The molecule has 7 heteroatoms. The van der Waals surface area contributed by atoms with Crippen LogP contribution in [0.2, 0.25) is 10.0 Å². The molecule has 1 N–H and O–H groups in total. The summed E-state index contributed by atoms with van der Waals surface area (Å²) in [6.07, 6.45) is 0. The minimum atomic E-state index is -0.270. The van der Waals surface area contributed by atoms with Gasteiger partial charge in [0.05, 0.1) is 15.7 Å². The third-order valence-electron chi connectivity index (χ3n) is 3.08. The van der Waals surface area contributed by atoms with E-state index >= 15 is 0 Å². The Kier molecular flexibility index (Phi) is 5.35. The van der Waals surface area contributed by atoms with Crippen molar-refractivity contribution in [3.05, 3.63) is 64.0 Å². The predicted octanol–water partition coefficient (Wildman–Crippen LogP) is 5.13. The number of nitrogens with one attached hydrogen (secondary N) is 1. The number of ether oxygens (including phenoxy) is 1. The molecule has 0 aliphatic rings. The molecule has 0 atom stereocenters. The minimum absolute atomic E-state index is 0.0777. The maximum atomic E-state index is 11.9. The van der Waals surface area contributed by atoms with Crippen molar-refractivity contribution in [2.45, 2.75) is 0 Å². The van der Waals surface area contributed by atoms with E-state index in [1.54, 1.807) is 24.3 Å². The molecule has 3 rings (SSSR count). The Morgan fingerprint density at radius 3 is 2.67 bits per heavy atom. The van der Waals surface area contributed by atoms with E-state index in [1.165, 1.54) is 11.3 Å². The normalized spacial score (nSPS) is 10.4. The molecule has 3 aromatic rings. The lowest BCUT2D eigenvalue weighted by Gasteiger charge is -2.05. The van der Waals surface area contributed by atoms with E-state index in [0.29, 0.717) is 20.9 Å². The molecule has 0 aliphatic carbocycles. The summed E-state index contributed by atoms with van der Waals surface area (Å²) >= 11 is 13.2. The number of para-hydroxylation sites is 1. The summed E-state index contributed by atoms with van der Waals surface area (Å²) < 4.78 is 5.39. The van der Waals surface area contributed by atoms with Gasteiger partial charge in [-0.2, -0.15) is 0 Å². The van der Waals surface area contributed by atoms with Crippen molar-refractivity contribution in [2.75, 3.05) is 11.9 Å². The highest BCUT2D eigenvalue weighted by molar-refractivity contribution is 7.14. The molecule has 4 nitrogen and oxygen atoms in total. The molecule has 0 saturated heterocycles. The molecule has 0 saturated carbocycles. The fourth-order valence-electron chi connectivity index (χ4n) is 1.94. The number of nitrogens with zero attached hydrogens (tertiary/aromatic N) is 1. The van der Waals surface area contributed by atoms with E-state index in [4.69, 9.17) is 27.9 Å². The topological polar surface area (TPSA) is 51.2 Å². The van der Waals surface area contributed by atoms with Crippen LogP contribution in [0.3, 0.4) is 0 Å². The highest BCUT2D eigenvalue weighted by atomic mass is 35.5. The summed E-state index contributed by atoms with van der Waals surface area (Å²) in [4.78, 5) is 16.3. The van der Waals surface area contributed by atoms with Gasteiger partial charge >= 0.3 is 0 Å². The van der Waals surface area contributed by atoms with Gasteiger partial charge < -0.3 is 4.74 Å². The standard InChI is InChI=1S/C17H12Cl2N2O2S/c18-13-7-6-11(8-14(13)19)15-10-24-17(20-15)21-16(22)9-23-12-4-2-1-3-5-12/h1-8,10H,9H2,(H,20,21,22). The Bertz CT molecular complexity index is 853. The number of rotatable bonds is 5. The van der Waals surface area contributed by atoms with E-state index in [-0.39, 0.29) is 12.5 Å². The van der Waals surface area contributed by atoms with Crippen LogP contribution in [0.5, 0.6) is 5.75 Å². The zero-order valence-electron chi connectivity index (χ0n) is 12.3. The van der Waals surface area contributed by atoms with Crippen LogP contribution in [-0.2, 0) is 4.79 Å². The maximum absolute atomic E-state index is 11.9. The maximum Gasteiger partial charge on any atom is 0.264 e. The summed E-state index contributed by atoms with van der Waals surface area (Å²) in [7, 11) is 0. The average Bonchev–Trinajstić information content (AvgIpc) is 3.05. The number of carbonyl (C=O) groups excluding carboxylic acids is 1. The van der Waals surface area contributed by atoms with Crippen LogP contribution >= 0.6 is 34.5 Å². The molecule has 1 heterocycles. The highest BCUT2D eigenvalue weighted by Gasteiger charge is 2.10. The fourth-order valence-corrected chi connectivity index (χ4v) is 2.97. The van der Waals surface area contributed by atoms with Gasteiger partial charge in [0.2, 0.25) is 0 Å². The molecule has 0 aliphatic heterocycles. The number of anilines is 1. The molecular weight excluding hydrogens is 367 g/mol. The van der Waals surface area contributed by atoms with E-state index in [0.717, 1.165) is 11.3 Å². The number of benzene rings is 2. The van der Waals surface area contributed by atoms with Crippen molar-refractivity contribution in [1.29, 1.82) is 0 Å². The molecule has 24 heavy (non-hydrogen) atoms. The number of hydrogen-bond acceptors (Lipinski definition) is 4. The second-order valence-corrected chi connectivity index (χ2v) is 6.49. The molecule has 0 fully saturated rings. The second kappa shape index (κ2) is 7.66. The minimum Gasteiger partial charge on any atom is -0.484 e. The largest absolute Gasteiger partial charge is 0.484 e. The molecule has 1 amide bonds. The van der Waals surface area contributed by atoms with Crippen molar-refractivity contribution >= 4 is 45.6 Å². The van der Waals surface area contributed by atoms with Gasteiger partial charge in [0.15, 0.2) is 11.7 Å². The number of thiazole rings is 1. The zero-order valence-corrected chi connectivity index (χ0v) is 14.7. The fraction of sp³-hybridized carbons (Fsp3) is 0.0588. The number of hydrogen-bond donors (Lipinski definition) is 1. The van der Waals surface area contributed by atoms with Crippen LogP contribution in [-0.4, -0.2) is 17.5 Å². The van der Waals surface area contributed by atoms with Crippen molar-refractivity contribution < 1.29 is 9.53 Å². The van der Waals surface area contributed by atoms with Crippen LogP contribution in [0.25, 0.3) is 11.3 Å². The monoisotopic (exact) mass is 378 g/mol. The number of amides is 1. The summed E-state index contributed by atoms with van der Waals surface area (Å²) in [5, 5.41) is 6.00. The Hall–Kier alpha value is -2.08. The molecular formula is C17H12Cl2N2O2S. The Morgan fingerprint density at radius 2 is 1.92 bits per heavy atom. The molecule has 0 radical (unpaired) electrons. The Labute approximate surface area is 153 Å². The van der Waals surface area contributed by atoms with E-state index in [9.17, 15) is 4.79 Å². The van der Waals surface area contributed by atoms with Crippen molar-refractivity contribution in [1.82, 2.24) is 4.98 Å². The summed E-state index contributed by atoms with van der Waals surface area (Å²) in [6.45, 7) is -0.0777. The van der Waals surface area contributed by atoms with Gasteiger partial charge in [-0.05, 0) is 24.3 Å². The third-order valence-corrected chi connectivity index (χ3v) is 4.58. The first kappa shape index (κ1) is 16.8. The van der Waals surface area contributed by atoms with Crippen LogP contribution in [0, 0.1) is 0 Å². The van der Waals surface area contributed by atoms with Crippen LogP contribution in [0.1, 0.15) is 0 Å². The van der Waals surface area contributed by atoms with Gasteiger partial charge in [-0.25, -0.2) is 4.98 Å². The Balaban J connectivity index is 1.61. The molecule has 2 aromatic carbocycles. The van der Waals surface area contributed by atoms with E-state index in [1.807, 2.05) is 29.6 Å². The van der Waals surface area contributed by atoms with Crippen LogP contribution in [0.15, 0.2) is 53.9 Å². The van der Waals surface area contributed by atoms with Gasteiger partial charge in [0.1, 0.15) is 5.75 Å². The smallest absolute Gasteiger partial charge is 0.264 e. The van der Waals surface area contributed by atoms with Gasteiger partial charge in [0.25, 0.3) is 5.91 Å². The van der Waals surface area contributed by atoms with Crippen molar-refractivity contribution in [2.24, 2.45) is 0 Å². The molecule has 0 unspecified atom stereocenters. The lowest BCUT2D eigenvalue weighted by molar-refractivity contribution is -0.118. The highest BCUT2D eigenvalue weighted by Crippen LogP contribution is 2.30.